The summed E-state index contributed by atoms with van der Waals surface area (Å²) in [7, 11) is 2.65. The molecule has 2 rings (SSSR count). The molecule has 0 aliphatic heterocycles. The fraction of sp³-hybridized carbons (Fsp3) is 0.364. The molecule has 1 N–H and O–H groups in total. The van der Waals surface area contributed by atoms with Crippen molar-refractivity contribution in [2.24, 2.45) is 0 Å². The third-order valence-electron chi connectivity index (χ3n) is 4.68. The summed E-state index contributed by atoms with van der Waals surface area (Å²) in [4.78, 5) is 25.9. The van der Waals surface area contributed by atoms with E-state index in [-0.39, 0.29) is 12.5 Å². The SMILES string of the molecule is COc1ccc(CCNC(=O)CN(c2ccc(C(=O)N(C)C)cc2)S(C)(=O)=O)cc1OC. The van der Waals surface area contributed by atoms with Gasteiger partial charge in [0.1, 0.15) is 6.54 Å². The van der Waals surface area contributed by atoms with Crippen molar-refractivity contribution in [1.82, 2.24) is 10.2 Å². The van der Waals surface area contributed by atoms with E-state index in [1.807, 2.05) is 12.1 Å². The zero-order valence-corrected chi connectivity index (χ0v) is 19.7. The zero-order valence-electron chi connectivity index (χ0n) is 18.9. The molecule has 0 fully saturated rings. The van der Waals surface area contributed by atoms with E-state index in [0.29, 0.717) is 35.7 Å². The molecule has 32 heavy (non-hydrogen) atoms. The number of sulfonamides is 1. The van der Waals surface area contributed by atoms with E-state index >= 15 is 0 Å². The summed E-state index contributed by atoms with van der Waals surface area (Å²) in [5.74, 6) is 0.567. The Bertz CT molecular complexity index is 1050. The van der Waals surface area contributed by atoms with E-state index in [0.717, 1.165) is 16.1 Å². The first-order chi connectivity index (χ1) is 15.1. The highest BCUT2D eigenvalue weighted by molar-refractivity contribution is 7.92. The van der Waals surface area contributed by atoms with E-state index in [1.165, 1.54) is 29.2 Å². The van der Waals surface area contributed by atoms with Crippen molar-refractivity contribution < 1.29 is 27.5 Å². The number of nitrogens with zero attached hydrogens (tertiary/aromatic N) is 2. The number of carbonyl (C=O) groups is 2. The zero-order chi connectivity index (χ0) is 23.9. The molecule has 0 heterocycles. The van der Waals surface area contributed by atoms with Crippen LogP contribution in [0.1, 0.15) is 15.9 Å². The summed E-state index contributed by atoms with van der Waals surface area (Å²) in [6, 6.07) is 11.6. The maximum atomic E-state index is 12.4. The van der Waals surface area contributed by atoms with Gasteiger partial charge in [0, 0.05) is 26.2 Å². The largest absolute Gasteiger partial charge is 0.493 e. The Morgan fingerprint density at radius 2 is 1.59 bits per heavy atom. The number of anilines is 1. The Morgan fingerprint density at radius 3 is 2.12 bits per heavy atom. The average molecular weight is 464 g/mol. The minimum Gasteiger partial charge on any atom is -0.493 e. The Balaban J connectivity index is 2.02. The Kier molecular flexibility index (Phi) is 8.48. The van der Waals surface area contributed by atoms with Crippen molar-refractivity contribution in [2.75, 3.05) is 52.0 Å². The molecule has 2 amide bonds. The molecule has 2 aromatic carbocycles. The fourth-order valence-corrected chi connectivity index (χ4v) is 3.85. The topological polar surface area (TPSA) is 105 Å². The average Bonchev–Trinajstić information content (AvgIpc) is 2.76. The van der Waals surface area contributed by atoms with Crippen LogP contribution in [0, 0.1) is 0 Å². The highest BCUT2D eigenvalue weighted by Crippen LogP contribution is 2.27. The molecule has 0 spiro atoms. The monoisotopic (exact) mass is 463 g/mol. The maximum absolute atomic E-state index is 12.4. The van der Waals surface area contributed by atoms with Crippen LogP contribution in [0.2, 0.25) is 0 Å². The number of hydrogen-bond acceptors (Lipinski definition) is 6. The van der Waals surface area contributed by atoms with Gasteiger partial charge in [-0.15, -0.1) is 0 Å². The Labute approximate surface area is 189 Å². The Hall–Kier alpha value is -3.27. The van der Waals surface area contributed by atoms with Crippen molar-refractivity contribution in [3.8, 4) is 11.5 Å². The van der Waals surface area contributed by atoms with Crippen LogP contribution in [0.5, 0.6) is 11.5 Å². The molecule has 0 aromatic heterocycles. The molecule has 0 atom stereocenters. The second kappa shape index (κ2) is 10.9. The van der Waals surface area contributed by atoms with Crippen molar-refractivity contribution in [3.05, 3.63) is 53.6 Å². The lowest BCUT2D eigenvalue weighted by atomic mass is 10.1. The van der Waals surface area contributed by atoms with E-state index in [9.17, 15) is 18.0 Å². The second-order valence-corrected chi connectivity index (χ2v) is 9.21. The number of benzene rings is 2. The van der Waals surface area contributed by atoms with Crippen molar-refractivity contribution in [3.63, 3.8) is 0 Å². The maximum Gasteiger partial charge on any atom is 0.253 e. The predicted octanol–water partition coefficient (Wildman–Crippen LogP) is 1.53. The van der Waals surface area contributed by atoms with Gasteiger partial charge in [-0.1, -0.05) is 6.07 Å². The lowest BCUT2D eigenvalue weighted by molar-refractivity contribution is -0.119. The number of amides is 2. The van der Waals surface area contributed by atoms with E-state index in [4.69, 9.17) is 9.47 Å². The first-order valence-corrected chi connectivity index (χ1v) is 11.7. The van der Waals surface area contributed by atoms with Gasteiger partial charge in [-0.05, 0) is 48.4 Å². The van der Waals surface area contributed by atoms with Crippen molar-refractivity contribution in [1.29, 1.82) is 0 Å². The van der Waals surface area contributed by atoms with Gasteiger partial charge in [0.25, 0.3) is 5.91 Å². The quantitative estimate of drug-likeness (QED) is 0.573. The van der Waals surface area contributed by atoms with Gasteiger partial charge in [0.2, 0.25) is 15.9 Å². The summed E-state index contributed by atoms with van der Waals surface area (Å²) in [5, 5.41) is 2.74. The van der Waals surface area contributed by atoms with Gasteiger partial charge < -0.3 is 19.7 Å². The molecule has 10 heteroatoms. The van der Waals surface area contributed by atoms with Gasteiger partial charge >= 0.3 is 0 Å². The van der Waals surface area contributed by atoms with E-state index in [2.05, 4.69) is 5.32 Å². The highest BCUT2D eigenvalue weighted by atomic mass is 32.2. The molecule has 0 radical (unpaired) electrons. The molecule has 0 saturated carbocycles. The van der Waals surface area contributed by atoms with Crippen molar-refractivity contribution >= 4 is 27.5 Å². The summed E-state index contributed by atoms with van der Waals surface area (Å²) >= 11 is 0. The van der Waals surface area contributed by atoms with Crippen LogP contribution in [-0.2, 0) is 21.2 Å². The standard InChI is InChI=1S/C22H29N3O6S/c1-24(2)22(27)17-7-9-18(10-8-17)25(32(5,28)29)15-21(26)23-13-12-16-6-11-19(30-3)20(14-16)31-4/h6-11,14H,12-13,15H2,1-5H3,(H,23,26). The lowest BCUT2D eigenvalue weighted by Gasteiger charge is -2.22. The number of methoxy groups -OCH3 is 2. The molecule has 0 aliphatic carbocycles. The predicted molar refractivity (Wildman–Crippen MR) is 123 cm³/mol. The number of hydrogen-bond donors (Lipinski definition) is 1. The van der Waals surface area contributed by atoms with Crippen LogP contribution in [0.4, 0.5) is 5.69 Å². The van der Waals surface area contributed by atoms with Crippen LogP contribution < -0.4 is 19.1 Å². The molecule has 0 saturated heterocycles. The smallest absolute Gasteiger partial charge is 0.253 e. The van der Waals surface area contributed by atoms with Crippen LogP contribution in [-0.4, -0.2) is 72.8 Å². The van der Waals surface area contributed by atoms with Crippen LogP contribution in [0.25, 0.3) is 0 Å². The molecule has 174 valence electrons. The summed E-state index contributed by atoms with van der Waals surface area (Å²) in [6.07, 6.45) is 1.56. The van der Waals surface area contributed by atoms with E-state index < -0.39 is 15.9 Å². The lowest BCUT2D eigenvalue weighted by Crippen LogP contribution is -2.41. The molecule has 0 bridgehead atoms. The summed E-state index contributed by atoms with van der Waals surface area (Å²) in [5.41, 5.74) is 1.66. The number of ether oxygens (including phenoxy) is 2. The van der Waals surface area contributed by atoms with E-state index in [1.54, 1.807) is 34.4 Å². The minimum atomic E-state index is -3.71. The first-order valence-electron chi connectivity index (χ1n) is 9.84. The van der Waals surface area contributed by atoms with Crippen LogP contribution in [0.3, 0.4) is 0 Å². The molecule has 9 nitrogen and oxygen atoms in total. The van der Waals surface area contributed by atoms with Crippen molar-refractivity contribution in [2.45, 2.75) is 6.42 Å². The summed E-state index contributed by atoms with van der Waals surface area (Å²) < 4.78 is 36.0. The molecular formula is C22H29N3O6S. The minimum absolute atomic E-state index is 0.199. The molecule has 0 aliphatic rings. The molecule has 2 aromatic rings. The normalized spacial score (nSPS) is 10.9. The second-order valence-electron chi connectivity index (χ2n) is 7.31. The fourth-order valence-electron chi connectivity index (χ4n) is 3.00. The first kappa shape index (κ1) is 25.0. The number of rotatable bonds is 10. The van der Waals surface area contributed by atoms with Gasteiger partial charge in [0.15, 0.2) is 11.5 Å². The van der Waals surface area contributed by atoms with Crippen LogP contribution >= 0.6 is 0 Å². The third-order valence-corrected chi connectivity index (χ3v) is 5.82. The van der Waals surface area contributed by atoms with Gasteiger partial charge in [-0.2, -0.15) is 0 Å². The third kappa shape index (κ3) is 6.61. The molecule has 0 unspecified atom stereocenters. The van der Waals surface area contributed by atoms with Gasteiger partial charge in [0.05, 0.1) is 26.2 Å². The number of carbonyl (C=O) groups excluding carboxylic acids is 2. The Morgan fingerprint density at radius 1 is 0.969 bits per heavy atom. The molecular weight excluding hydrogens is 434 g/mol. The summed E-state index contributed by atoms with van der Waals surface area (Å²) in [6.45, 7) is -0.0477. The highest BCUT2D eigenvalue weighted by Gasteiger charge is 2.21. The van der Waals surface area contributed by atoms with Gasteiger partial charge in [-0.25, -0.2) is 8.42 Å². The van der Waals surface area contributed by atoms with Gasteiger partial charge in [-0.3, -0.25) is 13.9 Å². The van der Waals surface area contributed by atoms with Crippen LogP contribution in [0.15, 0.2) is 42.5 Å². The number of nitrogens with one attached hydrogen (secondary N) is 1.